The summed E-state index contributed by atoms with van der Waals surface area (Å²) in [6.07, 6.45) is 0.457. The Hall–Kier alpha value is -3.30. The average Bonchev–Trinajstić information content (AvgIpc) is 2.70. The highest BCUT2D eigenvalue weighted by molar-refractivity contribution is 6.15. The van der Waals surface area contributed by atoms with E-state index in [2.05, 4.69) is 10.3 Å². The van der Waals surface area contributed by atoms with Gasteiger partial charge in [0.1, 0.15) is 6.21 Å². The van der Waals surface area contributed by atoms with Crippen LogP contribution in [0.2, 0.25) is 0 Å². The van der Waals surface area contributed by atoms with E-state index in [1.165, 1.54) is 18.3 Å². The second kappa shape index (κ2) is 8.83. The van der Waals surface area contributed by atoms with E-state index in [1.54, 1.807) is 12.2 Å². The van der Waals surface area contributed by atoms with Crippen LogP contribution in [0.25, 0.3) is 0 Å². The van der Waals surface area contributed by atoms with Gasteiger partial charge in [-0.3, -0.25) is 9.59 Å². The van der Waals surface area contributed by atoms with Crippen LogP contribution in [0.1, 0.15) is 25.8 Å². The first-order valence-corrected chi connectivity index (χ1v) is 9.76. The van der Waals surface area contributed by atoms with Crippen molar-refractivity contribution in [3.8, 4) is 0 Å². The quantitative estimate of drug-likeness (QED) is 0.696. The fourth-order valence-corrected chi connectivity index (χ4v) is 3.30. The molecule has 0 aromatic heterocycles. The molecule has 3 rings (SSSR count). The summed E-state index contributed by atoms with van der Waals surface area (Å²) in [5.41, 5.74) is -1.41. The lowest BCUT2D eigenvalue weighted by atomic mass is 10.0. The number of benzene rings is 1. The zero-order chi connectivity index (χ0) is 22.8. The molecule has 1 N–H and O–H groups in total. The van der Waals surface area contributed by atoms with E-state index in [1.807, 2.05) is 13.8 Å². The van der Waals surface area contributed by atoms with Gasteiger partial charge in [-0.15, -0.1) is 4.99 Å². The number of dihydropyridines is 1. The highest BCUT2D eigenvalue weighted by atomic mass is 19.4. The van der Waals surface area contributed by atoms with Gasteiger partial charge in [-0.1, -0.05) is 32.1 Å². The van der Waals surface area contributed by atoms with Gasteiger partial charge in [-0.25, -0.2) is 4.79 Å². The molecule has 0 saturated heterocycles. The monoisotopic (exact) mass is 435 g/mol. The number of para-hydroxylation sites is 1. The van der Waals surface area contributed by atoms with Gasteiger partial charge in [0.15, 0.2) is 12.5 Å². The summed E-state index contributed by atoms with van der Waals surface area (Å²) >= 11 is 0. The molecule has 0 radical (unpaired) electrons. The Kier molecular flexibility index (Phi) is 6.37. The smallest absolute Gasteiger partial charge is 0.323 e. The molecule has 0 fully saturated rings. The number of amidine groups is 1. The third-order valence-corrected chi connectivity index (χ3v) is 4.88. The lowest BCUT2D eigenvalue weighted by Gasteiger charge is -2.27. The number of urea groups is 1. The molecular weight excluding hydrogens is 413 g/mol. The van der Waals surface area contributed by atoms with Crippen LogP contribution in [0.4, 0.5) is 23.7 Å². The SMILES string of the molecule is CC(C)CCN1C(=O)C2C=CC=NC2=[N+](CC(=O)Nc2ccccc2C(F)(F)F)C1=O. The van der Waals surface area contributed by atoms with E-state index >= 15 is 0 Å². The number of aliphatic imine (C=N–C) groups is 1. The third-order valence-electron chi connectivity index (χ3n) is 4.88. The minimum atomic E-state index is -4.65. The lowest BCUT2D eigenvalue weighted by Crippen LogP contribution is -2.56. The Bertz CT molecular complexity index is 996. The van der Waals surface area contributed by atoms with Gasteiger partial charge in [0.25, 0.3) is 11.7 Å². The van der Waals surface area contributed by atoms with Gasteiger partial charge >= 0.3 is 18.1 Å². The van der Waals surface area contributed by atoms with Crippen LogP contribution in [0.3, 0.4) is 0 Å². The third kappa shape index (κ3) is 4.89. The van der Waals surface area contributed by atoms with Crippen LogP contribution in [0.15, 0.2) is 41.4 Å². The summed E-state index contributed by atoms with van der Waals surface area (Å²) in [7, 11) is 0. The highest BCUT2D eigenvalue weighted by Gasteiger charge is 2.47. The van der Waals surface area contributed by atoms with E-state index in [4.69, 9.17) is 0 Å². The molecule has 0 bridgehead atoms. The Morgan fingerprint density at radius 2 is 1.97 bits per heavy atom. The van der Waals surface area contributed by atoms with Crippen LogP contribution in [0, 0.1) is 11.8 Å². The van der Waals surface area contributed by atoms with E-state index < -0.39 is 47.7 Å². The summed E-state index contributed by atoms with van der Waals surface area (Å²) in [6, 6.07) is 3.85. The Morgan fingerprint density at radius 3 is 2.65 bits per heavy atom. The molecule has 1 aromatic rings. The number of allylic oxidation sites excluding steroid dienone is 1. The Morgan fingerprint density at radius 1 is 1.26 bits per heavy atom. The minimum Gasteiger partial charge on any atom is -0.323 e. The number of hydrogen-bond donors (Lipinski definition) is 1. The topological polar surface area (TPSA) is 81.8 Å². The normalized spacial score (nSPS) is 18.6. The summed E-state index contributed by atoms with van der Waals surface area (Å²) in [4.78, 5) is 43.5. The molecule has 0 saturated carbocycles. The minimum absolute atomic E-state index is 0.0811. The molecule has 164 valence electrons. The van der Waals surface area contributed by atoms with Crippen LogP contribution >= 0.6 is 0 Å². The van der Waals surface area contributed by atoms with Crippen molar-refractivity contribution in [1.82, 2.24) is 4.90 Å². The maximum atomic E-state index is 13.2. The number of alkyl halides is 3. The van der Waals surface area contributed by atoms with Crippen molar-refractivity contribution in [1.29, 1.82) is 0 Å². The fourth-order valence-electron chi connectivity index (χ4n) is 3.30. The van der Waals surface area contributed by atoms with Crippen molar-refractivity contribution in [2.75, 3.05) is 18.4 Å². The standard InChI is InChI=1S/C21H21F3N4O3/c1-13(2)9-11-27-19(30)14-6-5-10-25-18(14)28(20(27)31)12-17(29)26-16-8-4-3-7-15(16)21(22,23)24/h3-8,10,13-14H,9,11-12H2,1-2H3/p+1. The van der Waals surface area contributed by atoms with Crippen molar-refractivity contribution in [2.24, 2.45) is 16.8 Å². The molecule has 31 heavy (non-hydrogen) atoms. The van der Waals surface area contributed by atoms with Crippen LogP contribution in [-0.4, -0.2) is 52.5 Å². The molecular formula is C21H22F3N4O3+. The first-order valence-electron chi connectivity index (χ1n) is 9.76. The Balaban J connectivity index is 1.87. The fraction of sp³-hybridized carbons (Fsp3) is 0.381. The summed E-state index contributed by atoms with van der Waals surface area (Å²) < 4.78 is 40.6. The van der Waals surface area contributed by atoms with E-state index in [-0.39, 0.29) is 18.3 Å². The highest BCUT2D eigenvalue weighted by Crippen LogP contribution is 2.34. The van der Waals surface area contributed by atoms with Crippen molar-refractivity contribution in [2.45, 2.75) is 26.4 Å². The van der Waals surface area contributed by atoms with E-state index in [9.17, 15) is 27.6 Å². The van der Waals surface area contributed by atoms with Gasteiger partial charge in [0.05, 0.1) is 17.8 Å². The van der Waals surface area contributed by atoms with Gasteiger partial charge in [0, 0.05) is 0 Å². The molecule has 0 spiro atoms. The van der Waals surface area contributed by atoms with Crippen molar-refractivity contribution in [3.63, 3.8) is 0 Å². The number of anilines is 1. The number of nitrogens with zero attached hydrogens (tertiary/aromatic N) is 3. The van der Waals surface area contributed by atoms with E-state index in [0.717, 1.165) is 21.6 Å². The second-order valence-corrected chi connectivity index (χ2v) is 7.63. The number of fused-ring (bicyclic) bond motifs is 1. The van der Waals surface area contributed by atoms with Gasteiger partial charge in [-0.2, -0.15) is 22.6 Å². The number of rotatable bonds is 6. The molecule has 0 aliphatic carbocycles. The Labute approximate surface area is 176 Å². The molecule has 4 amide bonds. The number of imide groups is 1. The number of nitrogens with one attached hydrogen (secondary N) is 1. The van der Waals surface area contributed by atoms with Crippen molar-refractivity contribution < 1.29 is 32.1 Å². The van der Waals surface area contributed by atoms with Gasteiger partial charge in [-0.05, 0) is 30.5 Å². The molecule has 1 atom stereocenters. The number of hydrogen-bond acceptors (Lipinski definition) is 4. The molecule has 2 aliphatic rings. The number of amides is 4. The average molecular weight is 435 g/mol. The predicted octanol–water partition coefficient (Wildman–Crippen LogP) is 3.32. The summed E-state index contributed by atoms with van der Waals surface area (Å²) in [5.74, 6) is -1.78. The van der Waals surface area contributed by atoms with Crippen LogP contribution < -0.4 is 5.32 Å². The van der Waals surface area contributed by atoms with E-state index in [0.29, 0.717) is 6.42 Å². The number of halogens is 3. The maximum absolute atomic E-state index is 13.2. The lowest BCUT2D eigenvalue weighted by molar-refractivity contribution is -0.429. The maximum Gasteiger partial charge on any atom is 0.446 e. The number of carbonyl (C=O) groups is 3. The number of carbonyl (C=O) groups excluding carboxylic acids is 3. The zero-order valence-electron chi connectivity index (χ0n) is 17.0. The molecule has 2 aliphatic heterocycles. The first kappa shape index (κ1) is 22.4. The molecule has 10 heteroatoms. The summed E-state index contributed by atoms with van der Waals surface area (Å²) in [5, 5.41) is 2.22. The predicted molar refractivity (Wildman–Crippen MR) is 108 cm³/mol. The molecule has 2 heterocycles. The van der Waals surface area contributed by atoms with Crippen molar-refractivity contribution in [3.05, 3.63) is 42.0 Å². The molecule has 7 nitrogen and oxygen atoms in total. The zero-order valence-corrected chi connectivity index (χ0v) is 17.0. The van der Waals surface area contributed by atoms with Crippen molar-refractivity contribution >= 4 is 35.6 Å². The van der Waals surface area contributed by atoms with Gasteiger partial charge < -0.3 is 5.32 Å². The molecule has 1 aromatic carbocycles. The first-order chi connectivity index (χ1) is 14.6. The molecule has 1 unspecified atom stereocenters. The van der Waals surface area contributed by atoms with Gasteiger partial charge in [0.2, 0.25) is 0 Å². The summed E-state index contributed by atoms with van der Waals surface area (Å²) in [6.45, 7) is 3.49. The van der Waals surface area contributed by atoms with Crippen LogP contribution in [0.5, 0.6) is 0 Å². The largest absolute Gasteiger partial charge is 0.446 e. The second-order valence-electron chi connectivity index (χ2n) is 7.63. The van der Waals surface area contributed by atoms with Crippen LogP contribution in [-0.2, 0) is 15.8 Å².